The molecule has 0 aliphatic rings. The van der Waals surface area contributed by atoms with E-state index >= 15 is 0 Å². The van der Waals surface area contributed by atoms with Crippen molar-refractivity contribution in [2.45, 2.75) is 20.3 Å². The van der Waals surface area contributed by atoms with Crippen LogP contribution >= 0.6 is 23.2 Å². The number of aromatic nitrogens is 1. The summed E-state index contributed by atoms with van der Waals surface area (Å²) in [5.41, 5.74) is 1.49. The highest BCUT2D eigenvalue weighted by atomic mass is 35.5. The molecular weight excluding hydrogens is 345 g/mol. The summed E-state index contributed by atoms with van der Waals surface area (Å²) < 4.78 is 0. The standard InChI is InChI=1S/C18H21Cl2N3O/c1-12(2)10-22-17-6-4-14(11-23-17)18(24)21-8-7-13-3-5-15(19)9-16(13)20/h3-6,9,11-12H,7-8,10H2,1-2H3,(H,21,24)(H,22,23). The predicted molar refractivity (Wildman–Crippen MR) is 100 cm³/mol. The molecule has 0 saturated carbocycles. The number of hydrogen-bond donors (Lipinski definition) is 2. The van der Waals surface area contributed by atoms with Crippen LogP contribution in [0.4, 0.5) is 5.82 Å². The molecule has 2 rings (SSSR count). The molecule has 0 saturated heterocycles. The van der Waals surface area contributed by atoms with E-state index in [2.05, 4.69) is 29.5 Å². The van der Waals surface area contributed by atoms with Crippen LogP contribution in [0.5, 0.6) is 0 Å². The number of halogens is 2. The zero-order valence-corrected chi connectivity index (χ0v) is 15.3. The number of anilines is 1. The Bertz CT molecular complexity index is 687. The van der Waals surface area contributed by atoms with Gasteiger partial charge in [0.05, 0.1) is 5.56 Å². The van der Waals surface area contributed by atoms with Gasteiger partial charge in [0, 0.05) is 29.3 Å². The van der Waals surface area contributed by atoms with Crippen LogP contribution in [0, 0.1) is 5.92 Å². The van der Waals surface area contributed by atoms with Gasteiger partial charge in [0.1, 0.15) is 5.82 Å². The van der Waals surface area contributed by atoms with E-state index in [4.69, 9.17) is 23.2 Å². The first-order valence-corrected chi connectivity index (χ1v) is 8.63. The number of amides is 1. The van der Waals surface area contributed by atoms with Crippen LogP contribution in [0.3, 0.4) is 0 Å². The van der Waals surface area contributed by atoms with Gasteiger partial charge in [-0.05, 0) is 42.2 Å². The first kappa shape index (κ1) is 18.6. The van der Waals surface area contributed by atoms with E-state index < -0.39 is 0 Å². The monoisotopic (exact) mass is 365 g/mol. The minimum atomic E-state index is -0.150. The van der Waals surface area contributed by atoms with Gasteiger partial charge in [-0.15, -0.1) is 0 Å². The summed E-state index contributed by atoms with van der Waals surface area (Å²) in [6.45, 7) is 5.59. The van der Waals surface area contributed by atoms with Crippen LogP contribution in [-0.2, 0) is 6.42 Å². The zero-order chi connectivity index (χ0) is 17.5. The van der Waals surface area contributed by atoms with Gasteiger partial charge < -0.3 is 10.6 Å². The average Bonchev–Trinajstić information content (AvgIpc) is 2.55. The first-order chi connectivity index (χ1) is 11.5. The van der Waals surface area contributed by atoms with Crippen molar-refractivity contribution in [2.24, 2.45) is 5.92 Å². The Morgan fingerprint density at radius 2 is 2.00 bits per heavy atom. The third kappa shape index (κ3) is 5.69. The molecule has 2 N–H and O–H groups in total. The molecule has 0 spiro atoms. The van der Waals surface area contributed by atoms with Crippen molar-refractivity contribution in [3.05, 3.63) is 57.7 Å². The zero-order valence-electron chi connectivity index (χ0n) is 13.8. The molecule has 0 fully saturated rings. The van der Waals surface area contributed by atoms with Gasteiger partial charge in [-0.25, -0.2) is 4.98 Å². The van der Waals surface area contributed by atoms with Crippen molar-refractivity contribution in [3.8, 4) is 0 Å². The largest absolute Gasteiger partial charge is 0.370 e. The maximum atomic E-state index is 12.1. The summed E-state index contributed by atoms with van der Waals surface area (Å²) in [6, 6.07) is 8.94. The highest BCUT2D eigenvalue weighted by molar-refractivity contribution is 6.35. The van der Waals surface area contributed by atoms with Crippen LogP contribution in [0.1, 0.15) is 29.8 Å². The van der Waals surface area contributed by atoms with Gasteiger partial charge in [0.15, 0.2) is 0 Å². The van der Waals surface area contributed by atoms with Gasteiger partial charge in [-0.1, -0.05) is 43.1 Å². The van der Waals surface area contributed by atoms with E-state index in [1.54, 1.807) is 24.4 Å². The van der Waals surface area contributed by atoms with Crippen LogP contribution in [-0.4, -0.2) is 24.0 Å². The Balaban J connectivity index is 1.83. The molecular formula is C18H21Cl2N3O. The van der Waals surface area contributed by atoms with Crippen molar-refractivity contribution in [1.82, 2.24) is 10.3 Å². The molecule has 0 atom stereocenters. The molecule has 1 heterocycles. The van der Waals surface area contributed by atoms with E-state index in [1.807, 2.05) is 12.1 Å². The van der Waals surface area contributed by atoms with Crippen LogP contribution in [0.25, 0.3) is 0 Å². The van der Waals surface area contributed by atoms with Gasteiger partial charge in [-0.2, -0.15) is 0 Å². The van der Waals surface area contributed by atoms with Crippen LogP contribution in [0.15, 0.2) is 36.5 Å². The fourth-order valence-electron chi connectivity index (χ4n) is 2.08. The third-order valence-corrected chi connectivity index (χ3v) is 4.00. The van der Waals surface area contributed by atoms with E-state index in [9.17, 15) is 4.79 Å². The molecule has 24 heavy (non-hydrogen) atoms. The Kier molecular flexibility index (Phi) is 6.88. The number of carbonyl (C=O) groups is 1. The van der Waals surface area contributed by atoms with Gasteiger partial charge in [0.2, 0.25) is 0 Å². The molecule has 0 unspecified atom stereocenters. The summed E-state index contributed by atoms with van der Waals surface area (Å²) in [6.07, 6.45) is 2.22. The number of carbonyl (C=O) groups excluding carboxylic acids is 1. The number of benzene rings is 1. The lowest BCUT2D eigenvalue weighted by Crippen LogP contribution is -2.26. The number of hydrogen-bond acceptors (Lipinski definition) is 3. The van der Waals surface area contributed by atoms with E-state index in [0.717, 1.165) is 17.9 Å². The Morgan fingerprint density at radius 3 is 2.62 bits per heavy atom. The lowest BCUT2D eigenvalue weighted by atomic mass is 10.1. The molecule has 0 aliphatic carbocycles. The van der Waals surface area contributed by atoms with Gasteiger partial charge in [-0.3, -0.25) is 4.79 Å². The quantitative estimate of drug-likeness (QED) is 0.762. The van der Waals surface area contributed by atoms with Crippen molar-refractivity contribution >= 4 is 34.9 Å². The van der Waals surface area contributed by atoms with Crippen LogP contribution in [0.2, 0.25) is 10.0 Å². The molecule has 1 amide bonds. The van der Waals surface area contributed by atoms with Gasteiger partial charge >= 0.3 is 0 Å². The SMILES string of the molecule is CC(C)CNc1ccc(C(=O)NCCc2ccc(Cl)cc2Cl)cn1. The normalized spacial score (nSPS) is 10.7. The van der Waals surface area contributed by atoms with Crippen molar-refractivity contribution in [3.63, 3.8) is 0 Å². The predicted octanol–water partition coefficient (Wildman–Crippen LogP) is 4.43. The molecule has 1 aromatic heterocycles. The average molecular weight is 366 g/mol. The van der Waals surface area contributed by atoms with Crippen molar-refractivity contribution < 1.29 is 4.79 Å². The lowest BCUT2D eigenvalue weighted by molar-refractivity contribution is 0.0954. The second-order valence-electron chi connectivity index (χ2n) is 5.95. The molecule has 6 heteroatoms. The summed E-state index contributed by atoms with van der Waals surface area (Å²) in [7, 11) is 0. The molecule has 0 aliphatic heterocycles. The van der Waals surface area contributed by atoms with E-state index in [1.165, 1.54) is 0 Å². The topological polar surface area (TPSA) is 54.0 Å². The molecule has 2 aromatic rings. The van der Waals surface area contributed by atoms with E-state index in [0.29, 0.717) is 34.5 Å². The summed E-state index contributed by atoms with van der Waals surface area (Å²) >= 11 is 12.0. The summed E-state index contributed by atoms with van der Waals surface area (Å²) in [5.74, 6) is 1.16. The number of nitrogens with zero attached hydrogens (tertiary/aromatic N) is 1. The Morgan fingerprint density at radius 1 is 1.21 bits per heavy atom. The lowest BCUT2D eigenvalue weighted by Gasteiger charge is -2.09. The molecule has 128 valence electrons. The summed E-state index contributed by atoms with van der Waals surface area (Å²) in [4.78, 5) is 16.4. The number of pyridine rings is 1. The van der Waals surface area contributed by atoms with Crippen molar-refractivity contribution in [1.29, 1.82) is 0 Å². The Hall–Kier alpha value is -1.78. The van der Waals surface area contributed by atoms with Gasteiger partial charge in [0.25, 0.3) is 5.91 Å². The smallest absolute Gasteiger partial charge is 0.252 e. The second kappa shape index (κ2) is 8.90. The highest BCUT2D eigenvalue weighted by Crippen LogP contribution is 2.21. The maximum absolute atomic E-state index is 12.1. The maximum Gasteiger partial charge on any atom is 0.252 e. The molecule has 0 bridgehead atoms. The van der Waals surface area contributed by atoms with E-state index in [-0.39, 0.29) is 5.91 Å². The minimum Gasteiger partial charge on any atom is -0.370 e. The molecule has 0 radical (unpaired) electrons. The fraction of sp³-hybridized carbons (Fsp3) is 0.333. The summed E-state index contributed by atoms with van der Waals surface area (Å²) in [5, 5.41) is 7.30. The second-order valence-corrected chi connectivity index (χ2v) is 6.79. The first-order valence-electron chi connectivity index (χ1n) is 7.87. The highest BCUT2D eigenvalue weighted by Gasteiger charge is 2.07. The fourth-order valence-corrected chi connectivity index (χ4v) is 2.58. The third-order valence-electron chi connectivity index (χ3n) is 3.41. The van der Waals surface area contributed by atoms with Crippen molar-refractivity contribution in [2.75, 3.05) is 18.4 Å². The molecule has 4 nitrogen and oxygen atoms in total. The number of rotatable bonds is 7. The molecule has 1 aromatic carbocycles. The number of nitrogens with one attached hydrogen (secondary N) is 2. The Labute approximate surface area is 152 Å². The van der Waals surface area contributed by atoms with Crippen LogP contribution < -0.4 is 10.6 Å². The minimum absolute atomic E-state index is 0.150.